The van der Waals surface area contributed by atoms with Gasteiger partial charge in [0, 0.05) is 5.02 Å². The molecule has 2 aromatic rings. The number of hydrogen-bond donors (Lipinski definition) is 2. The van der Waals surface area contributed by atoms with Gasteiger partial charge in [-0.1, -0.05) is 17.7 Å². The van der Waals surface area contributed by atoms with Gasteiger partial charge in [0.15, 0.2) is 4.67 Å². The van der Waals surface area contributed by atoms with E-state index in [0.717, 1.165) is 5.56 Å². The predicted molar refractivity (Wildman–Crippen MR) is 71.6 cm³/mol. The molecular weight excluding hydrogens is 322 g/mol. The van der Waals surface area contributed by atoms with Crippen LogP contribution in [-0.4, -0.2) is 0 Å². The number of nitrogens with one attached hydrogen (secondary N) is 1. The monoisotopic (exact) mass is 332 g/mol. The van der Waals surface area contributed by atoms with Gasteiger partial charge < -0.3 is 4.42 Å². The van der Waals surface area contributed by atoms with E-state index in [1.165, 1.54) is 12.1 Å². The second-order valence-corrected chi connectivity index (χ2v) is 4.99. The van der Waals surface area contributed by atoms with E-state index >= 15 is 0 Å². The second-order valence-electron chi connectivity index (χ2n) is 3.80. The first-order valence-corrected chi connectivity index (χ1v) is 6.42. The third-order valence-electron chi connectivity index (χ3n) is 2.58. The first kappa shape index (κ1) is 13.5. The average Bonchev–Trinajstić information content (AvgIpc) is 2.75. The lowest BCUT2D eigenvalue weighted by molar-refractivity contribution is 0.404. The largest absolute Gasteiger partial charge is 0.453 e. The fourth-order valence-corrected chi connectivity index (χ4v) is 2.23. The van der Waals surface area contributed by atoms with E-state index in [1.54, 1.807) is 12.1 Å². The Morgan fingerprint density at radius 3 is 2.72 bits per heavy atom. The van der Waals surface area contributed by atoms with Crippen LogP contribution in [0.5, 0.6) is 0 Å². The number of benzene rings is 1. The first-order valence-electron chi connectivity index (χ1n) is 5.25. The van der Waals surface area contributed by atoms with E-state index in [-0.39, 0.29) is 11.9 Å². The molecule has 0 radical (unpaired) electrons. The van der Waals surface area contributed by atoms with Crippen molar-refractivity contribution in [2.75, 3.05) is 0 Å². The minimum atomic E-state index is -0.359. The Hall–Kier alpha value is -0.880. The summed E-state index contributed by atoms with van der Waals surface area (Å²) in [7, 11) is 0. The second kappa shape index (κ2) is 5.84. The van der Waals surface area contributed by atoms with Gasteiger partial charge >= 0.3 is 0 Å². The highest BCUT2D eigenvalue weighted by atomic mass is 79.9. The van der Waals surface area contributed by atoms with Crippen molar-refractivity contribution in [3.8, 4) is 0 Å². The van der Waals surface area contributed by atoms with Gasteiger partial charge in [0.2, 0.25) is 0 Å². The van der Waals surface area contributed by atoms with E-state index in [4.69, 9.17) is 21.9 Å². The fourth-order valence-electron chi connectivity index (χ4n) is 1.66. The number of hydrogen-bond acceptors (Lipinski definition) is 3. The minimum Gasteiger partial charge on any atom is -0.453 e. The summed E-state index contributed by atoms with van der Waals surface area (Å²) < 4.78 is 19.0. The first-order chi connectivity index (χ1) is 8.60. The Morgan fingerprint density at radius 2 is 2.17 bits per heavy atom. The molecule has 0 fully saturated rings. The molecule has 18 heavy (non-hydrogen) atoms. The van der Waals surface area contributed by atoms with Crippen molar-refractivity contribution in [1.29, 1.82) is 0 Å². The standard InChI is InChI=1S/C12H11BrClFN2O/c13-12-4-3-11(18-12)10(17-16)5-7-1-2-8(15)6-9(7)14/h1-4,6,10,17H,5,16H2. The Balaban J connectivity index is 2.20. The maximum atomic E-state index is 12.9. The minimum absolute atomic E-state index is 0.223. The molecular formula is C12H11BrClFN2O. The zero-order valence-electron chi connectivity index (χ0n) is 9.29. The van der Waals surface area contributed by atoms with Gasteiger partial charge in [-0.25, -0.2) is 9.82 Å². The lowest BCUT2D eigenvalue weighted by Gasteiger charge is -2.14. The smallest absolute Gasteiger partial charge is 0.169 e. The maximum Gasteiger partial charge on any atom is 0.169 e. The molecule has 0 spiro atoms. The van der Waals surface area contributed by atoms with Crippen LogP contribution in [0.4, 0.5) is 4.39 Å². The molecule has 1 heterocycles. The van der Waals surface area contributed by atoms with E-state index in [0.29, 0.717) is 21.9 Å². The van der Waals surface area contributed by atoms with E-state index in [2.05, 4.69) is 21.4 Å². The maximum absolute atomic E-state index is 12.9. The summed E-state index contributed by atoms with van der Waals surface area (Å²) in [5, 5.41) is 0.376. The Kier molecular flexibility index (Phi) is 4.40. The molecule has 0 aliphatic rings. The number of rotatable bonds is 4. The van der Waals surface area contributed by atoms with Crippen molar-refractivity contribution in [2.45, 2.75) is 12.5 Å². The highest BCUT2D eigenvalue weighted by Gasteiger charge is 2.16. The Labute approximate surface area is 117 Å². The van der Waals surface area contributed by atoms with Gasteiger partial charge in [-0.05, 0) is 52.2 Å². The summed E-state index contributed by atoms with van der Waals surface area (Å²) >= 11 is 9.20. The van der Waals surface area contributed by atoms with Crippen LogP contribution in [0.25, 0.3) is 0 Å². The fraction of sp³-hybridized carbons (Fsp3) is 0.167. The van der Waals surface area contributed by atoms with Crippen molar-refractivity contribution in [2.24, 2.45) is 5.84 Å². The van der Waals surface area contributed by atoms with Crippen LogP contribution < -0.4 is 11.3 Å². The van der Waals surface area contributed by atoms with Gasteiger partial charge in [0.05, 0.1) is 6.04 Å². The molecule has 1 aromatic carbocycles. The summed E-state index contributed by atoms with van der Waals surface area (Å²) in [6.45, 7) is 0. The zero-order chi connectivity index (χ0) is 13.1. The van der Waals surface area contributed by atoms with Crippen LogP contribution in [0.15, 0.2) is 39.4 Å². The predicted octanol–water partition coefficient (Wildman–Crippen LogP) is 3.58. The summed E-state index contributed by atoms with van der Waals surface area (Å²) in [6.07, 6.45) is 0.509. The molecule has 0 aliphatic heterocycles. The van der Waals surface area contributed by atoms with Crippen LogP contribution >= 0.6 is 27.5 Å². The summed E-state index contributed by atoms with van der Waals surface area (Å²) in [5.41, 5.74) is 3.45. The average molecular weight is 334 g/mol. The molecule has 1 aromatic heterocycles. The van der Waals surface area contributed by atoms with Gasteiger partial charge in [0.25, 0.3) is 0 Å². The molecule has 0 saturated heterocycles. The molecule has 3 N–H and O–H groups in total. The molecule has 3 nitrogen and oxygen atoms in total. The molecule has 0 bridgehead atoms. The van der Waals surface area contributed by atoms with Crippen molar-refractivity contribution in [3.63, 3.8) is 0 Å². The van der Waals surface area contributed by atoms with Crippen LogP contribution in [-0.2, 0) is 6.42 Å². The topological polar surface area (TPSA) is 51.2 Å². The summed E-state index contributed by atoms with van der Waals surface area (Å²) in [6, 6.07) is 7.66. The number of hydrazine groups is 1. The molecule has 0 aliphatic carbocycles. The van der Waals surface area contributed by atoms with Gasteiger partial charge in [0.1, 0.15) is 11.6 Å². The van der Waals surface area contributed by atoms with Crippen molar-refractivity contribution >= 4 is 27.5 Å². The van der Waals surface area contributed by atoms with Crippen LogP contribution in [0, 0.1) is 5.82 Å². The lowest BCUT2D eigenvalue weighted by atomic mass is 10.0. The van der Waals surface area contributed by atoms with E-state index in [1.807, 2.05) is 6.07 Å². The molecule has 6 heteroatoms. The molecule has 0 amide bonds. The SMILES string of the molecule is NNC(Cc1ccc(F)cc1Cl)c1ccc(Br)o1. The third-order valence-corrected chi connectivity index (χ3v) is 3.36. The molecule has 1 unspecified atom stereocenters. The Bertz CT molecular complexity index is 547. The number of nitrogens with two attached hydrogens (primary N) is 1. The quantitative estimate of drug-likeness (QED) is 0.664. The number of furan rings is 1. The van der Waals surface area contributed by atoms with Gasteiger partial charge in [-0.2, -0.15) is 0 Å². The summed E-state index contributed by atoms with van der Waals surface area (Å²) in [4.78, 5) is 0. The lowest BCUT2D eigenvalue weighted by Crippen LogP contribution is -2.29. The van der Waals surface area contributed by atoms with E-state index in [9.17, 15) is 4.39 Å². The van der Waals surface area contributed by atoms with Crippen LogP contribution in [0.1, 0.15) is 17.4 Å². The van der Waals surface area contributed by atoms with Crippen LogP contribution in [0.3, 0.4) is 0 Å². The van der Waals surface area contributed by atoms with Crippen molar-refractivity contribution in [1.82, 2.24) is 5.43 Å². The van der Waals surface area contributed by atoms with Crippen molar-refractivity contribution < 1.29 is 8.81 Å². The zero-order valence-corrected chi connectivity index (χ0v) is 11.6. The highest BCUT2D eigenvalue weighted by Crippen LogP contribution is 2.26. The molecule has 2 rings (SSSR count). The van der Waals surface area contributed by atoms with Crippen molar-refractivity contribution in [3.05, 3.63) is 57.2 Å². The number of halogens is 3. The van der Waals surface area contributed by atoms with E-state index < -0.39 is 0 Å². The highest BCUT2D eigenvalue weighted by molar-refractivity contribution is 9.10. The molecule has 96 valence electrons. The molecule has 0 saturated carbocycles. The third kappa shape index (κ3) is 3.11. The van der Waals surface area contributed by atoms with Gasteiger partial charge in [-0.3, -0.25) is 5.84 Å². The Morgan fingerprint density at radius 1 is 1.39 bits per heavy atom. The van der Waals surface area contributed by atoms with Gasteiger partial charge in [-0.15, -0.1) is 0 Å². The summed E-state index contributed by atoms with van der Waals surface area (Å²) in [5.74, 6) is 5.82. The van der Waals surface area contributed by atoms with Crippen LogP contribution in [0.2, 0.25) is 5.02 Å². The molecule has 1 atom stereocenters. The normalized spacial score (nSPS) is 12.7.